The Bertz CT molecular complexity index is 425. The van der Waals surface area contributed by atoms with Crippen molar-refractivity contribution in [2.45, 2.75) is 40.5 Å². The first-order valence-corrected chi connectivity index (χ1v) is 7.36. The minimum atomic E-state index is -0.612. The molecule has 0 amide bonds. The maximum absolute atomic E-state index is 12.4. The van der Waals surface area contributed by atoms with Gasteiger partial charge in [-0.05, 0) is 38.2 Å². The van der Waals surface area contributed by atoms with Gasteiger partial charge in [0.05, 0.1) is 12.0 Å². The molecule has 1 unspecified atom stereocenters. The zero-order valence-electron chi connectivity index (χ0n) is 13.1. The SMILES string of the molecule is CCOC(=O)C(CN)(Cc1ccc(C)cc1)CC(C)C. The summed E-state index contributed by atoms with van der Waals surface area (Å²) in [7, 11) is 0. The van der Waals surface area contributed by atoms with Crippen molar-refractivity contribution in [2.75, 3.05) is 13.2 Å². The Morgan fingerprint density at radius 3 is 2.35 bits per heavy atom. The van der Waals surface area contributed by atoms with Gasteiger partial charge < -0.3 is 10.5 Å². The summed E-state index contributed by atoms with van der Waals surface area (Å²) < 4.78 is 5.28. The fourth-order valence-corrected chi connectivity index (χ4v) is 2.63. The van der Waals surface area contributed by atoms with E-state index in [1.807, 2.05) is 6.92 Å². The van der Waals surface area contributed by atoms with Gasteiger partial charge in [-0.2, -0.15) is 0 Å². The molecule has 0 fully saturated rings. The number of carbonyl (C=O) groups excluding carboxylic acids is 1. The van der Waals surface area contributed by atoms with Gasteiger partial charge in [0.1, 0.15) is 0 Å². The zero-order chi connectivity index (χ0) is 15.2. The van der Waals surface area contributed by atoms with Crippen molar-refractivity contribution in [2.24, 2.45) is 17.1 Å². The molecule has 0 radical (unpaired) electrons. The Kier molecular flexibility index (Phi) is 6.21. The average molecular weight is 277 g/mol. The summed E-state index contributed by atoms with van der Waals surface area (Å²) in [5, 5.41) is 0. The smallest absolute Gasteiger partial charge is 0.313 e. The highest BCUT2D eigenvalue weighted by atomic mass is 16.5. The molecule has 1 rings (SSSR count). The monoisotopic (exact) mass is 277 g/mol. The highest BCUT2D eigenvalue weighted by Gasteiger charge is 2.39. The van der Waals surface area contributed by atoms with Crippen molar-refractivity contribution in [3.63, 3.8) is 0 Å². The lowest BCUT2D eigenvalue weighted by Crippen LogP contribution is -2.43. The van der Waals surface area contributed by atoms with Crippen molar-refractivity contribution >= 4 is 5.97 Å². The van der Waals surface area contributed by atoms with Gasteiger partial charge in [-0.25, -0.2) is 0 Å². The zero-order valence-corrected chi connectivity index (χ0v) is 13.1. The first-order chi connectivity index (χ1) is 9.43. The van der Waals surface area contributed by atoms with Crippen LogP contribution in [-0.4, -0.2) is 19.1 Å². The van der Waals surface area contributed by atoms with Crippen molar-refractivity contribution < 1.29 is 9.53 Å². The number of ether oxygens (including phenoxy) is 1. The molecule has 0 bridgehead atoms. The molecular weight excluding hydrogens is 250 g/mol. The number of esters is 1. The molecule has 3 heteroatoms. The molecule has 0 aliphatic heterocycles. The Labute approximate surface area is 122 Å². The van der Waals surface area contributed by atoms with E-state index in [0.29, 0.717) is 25.5 Å². The number of nitrogens with two attached hydrogens (primary N) is 1. The van der Waals surface area contributed by atoms with Crippen LogP contribution >= 0.6 is 0 Å². The fraction of sp³-hybridized carbons (Fsp3) is 0.588. The van der Waals surface area contributed by atoms with Gasteiger partial charge in [0.25, 0.3) is 0 Å². The molecule has 0 aliphatic rings. The average Bonchev–Trinajstić information content (AvgIpc) is 2.40. The summed E-state index contributed by atoms with van der Waals surface area (Å²) in [5.41, 5.74) is 7.70. The molecule has 0 aromatic heterocycles. The van der Waals surface area contributed by atoms with E-state index in [-0.39, 0.29) is 5.97 Å². The van der Waals surface area contributed by atoms with Gasteiger partial charge in [-0.1, -0.05) is 43.7 Å². The van der Waals surface area contributed by atoms with E-state index >= 15 is 0 Å². The Morgan fingerprint density at radius 1 is 1.30 bits per heavy atom. The molecular formula is C17H27NO2. The van der Waals surface area contributed by atoms with E-state index < -0.39 is 5.41 Å². The number of aryl methyl sites for hydroxylation is 1. The second-order valence-electron chi connectivity index (χ2n) is 5.97. The third-order valence-electron chi connectivity index (χ3n) is 3.56. The molecule has 0 saturated carbocycles. The van der Waals surface area contributed by atoms with E-state index in [0.717, 1.165) is 12.0 Å². The standard InChI is InChI=1S/C17H27NO2/c1-5-20-16(19)17(12-18,10-13(2)3)11-15-8-6-14(4)7-9-15/h6-9,13H,5,10-12,18H2,1-4H3. The molecule has 0 saturated heterocycles. The predicted octanol–water partition coefficient (Wildman–Crippen LogP) is 3.09. The Balaban J connectivity index is 3.01. The number of hydrogen-bond donors (Lipinski definition) is 1. The van der Waals surface area contributed by atoms with Crippen LogP contribution in [0.2, 0.25) is 0 Å². The van der Waals surface area contributed by atoms with Crippen LogP contribution in [0.4, 0.5) is 0 Å². The molecule has 1 aromatic rings. The van der Waals surface area contributed by atoms with Crippen LogP contribution in [0.25, 0.3) is 0 Å². The van der Waals surface area contributed by atoms with Gasteiger partial charge in [0.15, 0.2) is 0 Å². The number of carbonyl (C=O) groups is 1. The lowest BCUT2D eigenvalue weighted by atomic mass is 9.75. The predicted molar refractivity (Wildman–Crippen MR) is 82.5 cm³/mol. The fourth-order valence-electron chi connectivity index (χ4n) is 2.63. The summed E-state index contributed by atoms with van der Waals surface area (Å²) in [6.07, 6.45) is 1.39. The van der Waals surface area contributed by atoms with Crippen molar-refractivity contribution in [1.82, 2.24) is 0 Å². The molecule has 0 aliphatic carbocycles. The van der Waals surface area contributed by atoms with Crippen LogP contribution in [0.5, 0.6) is 0 Å². The maximum atomic E-state index is 12.4. The molecule has 112 valence electrons. The normalized spacial score (nSPS) is 14.1. The lowest BCUT2D eigenvalue weighted by Gasteiger charge is -2.32. The van der Waals surface area contributed by atoms with Gasteiger partial charge in [-0.15, -0.1) is 0 Å². The van der Waals surface area contributed by atoms with E-state index in [4.69, 9.17) is 10.5 Å². The summed E-state index contributed by atoms with van der Waals surface area (Å²) in [4.78, 5) is 12.4. The van der Waals surface area contributed by atoms with Crippen molar-refractivity contribution in [1.29, 1.82) is 0 Å². The lowest BCUT2D eigenvalue weighted by molar-refractivity contribution is -0.156. The maximum Gasteiger partial charge on any atom is 0.313 e. The van der Waals surface area contributed by atoms with Gasteiger partial charge >= 0.3 is 5.97 Å². The molecule has 0 heterocycles. The van der Waals surface area contributed by atoms with E-state index in [1.165, 1.54) is 5.56 Å². The summed E-state index contributed by atoms with van der Waals surface area (Å²) in [6.45, 7) is 8.82. The molecule has 0 spiro atoms. The van der Waals surface area contributed by atoms with Gasteiger partial charge in [-0.3, -0.25) is 4.79 Å². The summed E-state index contributed by atoms with van der Waals surface area (Å²) >= 11 is 0. The third kappa shape index (κ3) is 4.34. The first-order valence-electron chi connectivity index (χ1n) is 7.36. The number of rotatable bonds is 7. The number of benzene rings is 1. The Hall–Kier alpha value is -1.35. The van der Waals surface area contributed by atoms with Crippen LogP contribution in [0.1, 0.15) is 38.3 Å². The van der Waals surface area contributed by atoms with Crippen LogP contribution < -0.4 is 5.73 Å². The highest BCUT2D eigenvalue weighted by molar-refractivity contribution is 5.77. The minimum Gasteiger partial charge on any atom is -0.466 e. The van der Waals surface area contributed by atoms with Crippen LogP contribution in [0.3, 0.4) is 0 Å². The quantitative estimate of drug-likeness (QED) is 0.779. The molecule has 3 nitrogen and oxygen atoms in total. The van der Waals surface area contributed by atoms with Crippen molar-refractivity contribution in [3.05, 3.63) is 35.4 Å². The third-order valence-corrected chi connectivity index (χ3v) is 3.56. The molecule has 1 aromatic carbocycles. The molecule has 20 heavy (non-hydrogen) atoms. The van der Waals surface area contributed by atoms with E-state index in [1.54, 1.807) is 0 Å². The van der Waals surface area contributed by atoms with E-state index in [9.17, 15) is 4.79 Å². The second-order valence-corrected chi connectivity index (χ2v) is 5.97. The van der Waals surface area contributed by atoms with Gasteiger partial charge in [0, 0.05) is 6.54 Å². The van der Waals surface area contributed by atoms with Crippen molar-refractivity contribution in [3.8, 4) is 0 Å². The first kappa shape index (κ1) is 16.7. The molecule has 2 N–H and O–H groups in total. The van der Waals surface area contributed by atoms with Crippen LogP contribution in [0.15, 0.2) is 24.3 Å². The second kappa shape index (κ2) is 7.44. The Morgan fingerprint density at radius 2 is 1.90 bits per heavy atom. The highest BCUT2D eigenvalue weighted by Crippen LogP contribution is 2.31. The van der Waals surface area contributed by atoms with E-state index in [2.05, 4.69) is 45.0 Å². The topological polar surface area (TPSA) is 52.3 Å². The van der Waals surface area contributed by atoms with Gasteiger partial charge in [0.2, 0.25) is 0 Å². The molecule has 1 atom stereocenters. The summed E-state index contributed by atoms with van der Waals surface area (Å²) in [5.74, 6) is 0.227. The van der Waals surface area contributed by atoms with Crippen LogP contribution in [-0.2, 0) is 16.0 Å². The summed E-state index contributed by atoms with van der Waals surface area (Å²) in [6, 6.07) is 8.27. The minimum absolute atomic E-state index is 0.170. The van der Waals surface area contributed by atoms with Crippen LogP contribution in [0, 0.1) is 18.3 Å². The largest absolute Gasteiger partial charge is 0.466 e. The number of hydrogen-bond acceptors (Lipinski definition) is 3.